The van der Waals surface area contributed by atoms with Gasteiger partial charge in [-0.3, -0.25) is 4.79 Å². The quantitative estimate of drug-likeness (QED) is 0.832. The summed E-state index contributed by atoms with van der Waals surface area (Å²) < 4.78 is 6.05. The highest BCUT2D eigenvalue weighted by molar-refractivity contribution is 5.99. The first-order valence-corrected chi connectivity index (χ1v) is 8.66. The van der Waals surface area contributed by atoms with Crippen molar-refractivity contribution in [2.24, 2.45) is 0 Å². The number of amides is 1. The van der Waals surface area contributed by atoms with Crippen LogP contribution < -0.4 is 9.64 Å². The van der Waals surface area contributed by atoms with E-state index in [-0.39, 0.29) is 11.9 Å². The predicted molar refractivity (Wildman–Crippen MR) is 97.7 cm³/mol. The van der Waals surface area contributed by atoms with Gasteiger partial charge in [0.05, 0.1) is 0 Å². The lowest BCUT2D eigenvalue weighted by atomic mass is 10.1. The highest BCUT2D eigenvalue weighted by atomic mass is 16.5. The number of carbonyl (C=O) groups excluding carboxylic acids is 1. The number of ether oxygens (including phenoxy) is 1. The standard InChI is InChI=1S/C21H25NO2/c1-5-20(24-18-11-10-14(2)15(3)12-18)21(23)22-16(4)13-17-8-6-7-9-19(17)22/h6-12,16,20H,5,13H2,1-4H3/t16-,20-/m0/s1. The molecule has 2 atom stereocenters. The topological polar surface area (TPSA) is 29.5 Å². The lowest BCUT2D eigenvalue weighted by Gasteiger charge is -2.27. The Morgan fingerprint density at radius 2 is 1.96 bits per heavy atom. The van der Waals surface area contributed by atoms with Crippen molar-refractivity contribution in [2.45, 2.75) is 52.7 Å². The van der Waals surface area contributed by atoms with E-state index in [9.17, 15) is 4.79 Å². The van der Waals surface area contributed by atoms with Crippen LogP contribution in [-0.2, 0) is 11.2 Å². The number of hydrogen-bond acceptors (Lipinski definition) is 2. The molecule has 0 aromatic heterocycles. The molecule has 0 N–H and O–H groups in total. The third-order valence-electron chi connectivity index (χ3n) is 4.85. The van der Waals surface area contributed by atoms with E-state index in [0.29, 0.717) is 6.42 Å². The van der Waals surface area contributed by atoms with Crippen LogP contribution in [0.2, 0.25) is 0 Å². The van der Waals surface area contributed by atoms with Gasteiger partial charge >= 0.3 is 0 Å². The number of carbonyl (C=O) groups is 1. The smallest absolute Gasteiger partial charge is 0.268 e. The monoisotopic (exact) mass is 323 g/mol. The second kappa shape index (κ2) is 6.68. The summed E-state index contributed by atoms with van der Waals surface area (Å²) in [6, 6.07) is 14.3. The average Bonchev–Trinajstić information content (AvgIpc) is 2.91. The Morgan fingerprint density at radius 3 is 2.67 bits per heavy atom. The van der Waals surface area contributed by atoms with E-state index < -0.39 is 6.10 Å². The minimum absolute atomic E-state index is 0.0492. The summed E-state index contributed by atoms with van der Waals surface area (Å²) in [4.78, 5) is 15.0. The van der Waals surface area contributed by atoms with Gasteiger partial charge in [0.2, 0.25) is 0 Å². The first-order chi connectivity index (χ1) is 11.5. The number of fused-ring (bicyclic) bond motifs is 1. The lowest BCUT2D eigenvalue weighted by molar-refractivity contribution is -0.125. The number of rotatable bonds is 4. The molecule has 0 fully saturated rings. The summed E-state index contributed by atoms with van der Waals surface area (Å²) in [5, 5.41) is 0. The number of anilines is 1. The summed E-state index contributed by atoms with van der Waals surface area (Å²) in [6.07, 6.45) is 1.10. The molecule has 1 aliphatic rings. The van der Waals surface area contributed by atoms with Crippen LogP contribution >= 0.6 is 0 Å². The Hall–Kier alpha value is -2.29. The molecule has 0 saturated heterocycles. The van der Waals surface area contributed by atoms with E-state index in [4.69, 9.17) is 4.74 Å². The maximum atomic E-state index is 13.1. The third-order valence-corrected chi connectivity index (χ3v) is 4.85. The van der Waals surface area contributed by atoms with Crippen LogP contribution in [0.5, 0.6) is 5.75 Å². The molecule has 1 amide bonds. The second-order valence-corrected chi connectivity index (χ2v) is 6.65. The van der Waals surface area contributed by atoms with Gasteiger partial charge in [0.15, 0.2) is 6.10 Å². The number of para-hydroxylation sites is 1. The van der Waals surface area contributed by atoms with Crippen molar-refractivity contribution in [3.8, 4) is 5.75 Å². The van der Waals surface area contributed by atoms with Gasteiger partial charge < -0.3 is 9.64 Å². The Kier molecular flexibility index (Phi) is 4.61. The van der Waals surface area contributed by atoms with Crippen molar-refractivity contribution in [3.05, 3.63) is 59.2 Å². The molecule has 0 aliphatic carbocycles. The van der Waals surface area contributed by atoms with E-state index in [1.165, 1.54) is 16.7 Å². The van der Waals surface area contributed by atoms with E-state index in [2.05, 4.69) is 26.8 Å². The molecule has 3 rings (SSSR count). The number of hydrogen-bond donors (Lipinski definition) is 0. The van der Waals surface area contributed by atoms with Crippen LogP contribution in [0.3, 0.4) is 0 Å². The minimum Gasteiger partial charge on any atom is -0.481 e. The highest BCUT2D eigenvalue weighted by Gasteiger charge is 2.34. The van der Waals surface area contributed by atoms with Gasteiger partial charge in [0.1, 0.15) is 5.75 Å². The zero-order valence-electron chi connectivity index (χ0n) is 14.9. The molecule has 0 unspecified atom stereocenters. The molecule has 1 aliphatic heterocycles. The van der Waals surface area contributed by atoms with Crippen molar-refractivity contribution >= 4 is 11.6 Å². The molecule has 1 heterocycles. The van der Waals surface area contributed by atoms with Crippen molar-refractivity contribution in [1.82, 2.24) is 0 Å². The molecule has 3 nitrogen and oxygen atoms in total. The zero-order valence-corrected chi connectivity index (χ0v) is 14.9. The average molecular weight is 323 g/mol. The molecular formula is C21H25NO2. The number of benzene rings is 2. The molecule has 2 aromatic carbocycles. The van der Waals surface area contributed by atoms with Crippen LogP contribution in [-0.4, -0.2) is 18.1 Å². The lowest BCUT2D eigenvalue weighted by Crippen LogP contribution is -2.44. The van der Waals surface area contributed by atoms with Gasteiger partial charge in [-0.15, -0.1) is 0 Å². The maximum absolute atomic E-state index is 13.1. The molecule has 2 aromatic rings. The fraction of sp³-hybridized carbons (Fsp3) is 0.381. The molecule has 0 bridgehead atoms. The van der Waals surface area contributed by atoms with Crippen LogP contribution in [0.1, 0.15) is 37.0 Å². The normalized spacial score (nSPS) is 17.5. The van der Waals surface area contributed by atoms with Gasteiger partial charge in [0, 0.05) is 11.7 Å². The molecule has 24 heavy (non-hydrogen) atoms. The van der Waals surface area contributed by atoms with Crippen LogP contribution in [0, 0.1) is 13.8 Å². The Labute approximate surface area is 144 Å². The minimum atomic E-state index is -0.458. The third kappa shape index (κ3) is 3.03. The highest BCUT2D eigenvalue weighted by Crippen LogP contribution is 2.33. The van der Waals surface area contributed by atoms with Gasteiger partial charge in [-0.25, -0.2) is 0 Å². The molecule has 126 valence electrons. The van der Waals surface area contributed by atoms with Crippen molar-refractivity contribution < 1.29 is 9.53 Å². The summed E-state index contributed by atoms with van der Waals surface area (Å²) in [6.45, 7) is 8.23. The fourth-order valence-electron chi connectivity index (χ4n) is 3.32. The van der Waals surface area contributed by atoms with E-state index in [0.717, 1.165) is 17.9 Å². The maximum Gasteiger partial charge on any atom is 0.268 e. The fourth-order valence-corrected chi connectivity index (χ4v) is 3.32. The van der Waals surface area contributed by atoms with Gasteiger partial charge in [0.25, 0.3) is 5.91 Å². The first-order valence-electron chi connectivity index (χ1n) is 8.66. The largest absolute Gasteiger partial charge is 0.481 e. The molecule has 0 saturated carbocycles. The van der Waals surface area contributed by atoms with Gasteiger partial charge in [-0.2, -0.15) is 0 Å². The summed E-state index contributed by atoms with van der Waals surface area (Å²) in [7, 11) is 0. The summed E-state index contributed by atoms with van der Waals surface area (Å²) in [5.74, 6) is 0.812. The number of nitrogens with zero attached hydrogens (tertiary/aromatic N) is 1. The van der Waals surface area contributed by atoms with E-state index in [1.54, 1.807) is 0 Å². The molecule has 3 heteroatoms. The number of aryl methyl sites for hydroxylation is 2. The summed E-state index contributed by atoms with van der Waals surface area (Å²) >= 11 is 0. The van der Waals surface area contributed by atoms with Crippen LogP contribution in [0.25, 0.3) is 0 Å². The van der Waals surface area contributed by atoms with E-state index >= 15 is 0 Å². The van der Waals surface area contributed by atoms with Crippen molar-refractivity contribution in [3.63, 3.8) is 0 Å². The van der Waals surface area contributed by atoms with Gasteiger partial charge in [-0.1, -0.05) is 31.2 Å². The van der Waals surface area contributed by atoms with E-state index in [1.807, 2.05) is 48.2 Å². The Balaban J connectivity index is 1.83. The van der Waals surface area contributed by atoms with Crippen LogP contribution in [0.15, 0.2) is 42.5 Å². The van der Waals surface area contributed by atoms with Crippen molar-refractivity contribution in [1.29, 1.82) is 0 Å². The SMILES string of the molecule is CC[C@H](Oc1ccc(C)c(C)c1)C(=O)N1c2ccccc2C[C@@H]1C. The second-order valence-electron chi connectivity index (χ2n) is 6.65. The van der Waals surface area contributed by atoms with Crippen LogP contribution in [0.4, 0.5) is 5.69 Å². The summed E-state index contributed by atoms with van der Waals surface area (Å²) in [5.41, 5.74) is 4.66. The zero-order chi connectivity index (χ0) is 17.3. The molecular weight excluding hydrogens is 298 g/mol. The predicted octanol–water partition coefficient (Wildman–Crippen LogP) is 4.44. The molecule has 0 radical (unpaired) electrons. The van der Waals surface area contributed by atoms with Crippen molar-refractivity contribution in [2.75, 3.05) is 4.90 Å². The Morgan fingerprint density at radius 1 is 1.21 bits per heavy atom. The Bertz CT molecular complexity index is 753. The van der Waals surface area contributed by atoms with Gasteiger partial charge in [-0.05, 0) is 68.5 Å². The molecule has 0 spiro atoms. The first kappa shape index (κ1) is 16.6.